The molecule has 0 aromatic heterocycles. The molecule has 0 bridgehead atoms. The molecule has 0 saturated heterocycles. The van der Waals surface area contributed by atoms with Gasteiger partial charge < -0.3 is 25.1 Å². The Hall–Kier alpha value is -1.55. The van der Waals surface area contributed by atoms with Crippen LogP contribution in [0.15, 0.2) is 17.0 Å². The smallest absolute Gasteiger partial charge is 0.244 e. The van der Waals surface area contributed by atoms with Crippen molar-refractivity contribution in [1.29, 1.82) is 0 Å². The maximum atomic E-state index is 12.4. The number of aliphatic hydroxyl groups is 1. The number of nitrogens with two attached hydrogens (primary N) is 1. The summed E-state index contributed by atoms with van der Waals surface area (Å²) in [6.07, 6.45) is 0. The lowest BCUT2D eigenvalue weighted by atomic mass is 10.3. The van der Waals surface area contributed by atoms with Gasteiger partial charge in [0.25, 0.3) is 0 Å². The fraction of sp³-hybridized carbons (Fsp3) is 0.500. The molecule has 0 aliphatic rings. The zero-order chi connectivity index (χ0) is 16.0. The van der Waals surface area contributed by atoms with Gasteiger partial charge in [-0.2, -0.15) is 0 Å². The molecule has 0 fully saturated rings. The molecule has 1 aromatic carbocycles. The maximum absolute atomic E-state index is 12.4. The monoisotopic (exact) mass is 320 g/mol. The molecular formula is C12H20N2O6S. The molecule has 0 spiro atoms. The highest BCUT2D eigenvalue weighted by Crippen LogP contribution is 2.33. The summed E-state index contributed by atoms with van der Waals surface area (Å²) in [5.74, 6) is 0.393. The molecule has 0 aliphatic heterocycles. The number of nitrogens with one attached hydrogen (secondary N) is 1. The van der Waals surface area contributed by atoms with E-state index in [1.165, 1.54) is 33.5 Å². The number of aliphatic hydroxyl groups excluding tert-OH is 1. The molecule has 0 amide bonds. The van der Waals surface area contributed by atoms with E-state index in [0.29, 0.717) is 5.75 Å². The molecule has 1 atom stereocenters. The predicted octanol–water partition coefficient (Wildman–Crippen LogP) is -0.428. The van der Waals surface area contributed by atoms with Gasteiger partial charge in [-0.15, -0.1) is 0 Å². The van der Waals surface area contributed by atoms with Crippen molar-refractivity contribution < 1.29 is 27.7 Å². The Labute approximate surface area is 123 Å². The van der Waals surface area contributed by atoms with E-state index in [1.54, 1.807) is 0 Å². The quantitative estimate of drug-likeness (QED) is 0.556. The molecule has 1 aromatic rings. The van der Waals surface area contributed by atoms with Crippen molar-refractivity contribution in [2.24, 2.45) is 0 Å². The van der Waals surface area contributed by atoms with Gasteiger partial charge in [-0.05, 0) is 6.07 Å². The van der Waals surface area contributed by atoms with Crippen LogP contribution in [0.1, 0.15) is 0 Å². The van der Waals surface area contributed by atoms with Crippen LogP contribution >= 0.6 is 0 Å². The van der Waals surface area contributed by atoms with E-state index in [2.05, 4.69) is 4.72 Å². The van der Waals surface area contributed by atoms with Gasteiger partial charge in [0.15, 0.2) is 0 Å². The minimum absolute atomic E-state index is 0.0314. The Balaban J connectivity index is 3.21. The van der Waals surface area contributed by atoms with E-state index < -0.39 is 22.7 Å². The number of sulfonamides is 1. The van der Waals surface area contributed by atoms with E-state index in [0.717, 1.165) is 0 Å². The van der Waals surface area contributed by atoms with E-state index >= 15 is 0 Å². The zero-order valence-corrected chi connectivity index (χ0v) is 12.9. The van der Waals surface area contributed by atoms with Gasteiger partial charge in [0.05, 0.1) is 39.2 Å². The maximum Gasteiger partial charge on any atom is 0.244 e. The van der Waals surface area contributed by atoms with Crippen LogP contribution in [0.4, 0.5) is 5.69 Å². The van der Waals surface area contributed by atoms with E-state index in [-0.39, 0.29) is 22.9 Å². The van der Waals surface area contributed by atoms with Crippen LogP contribution in [-0.4, -0.2) is 54.1 Å². The number of anilines is 1. The highest BCUT2D eigenvalue weighted by atomic mass is 32.2. The summed E-state index contributed by atoms with van der Waals surface area (Å²) < 4.78 is 41.9. The molecule has 0 saturated carbocycles. The first-order valence-corrected chi connectivity index (χ1v) is 7.51. The number of ether oxygens (including phenoxy) is 3. The molecule has 21 heavy (non-hydrogen) atoms. The van der Waals surface area contributed by atoms with E-state index in [4.69, 9.17) is 25.1 Å². The number of hydrogen-bond acceptors (Lipinski definition) is 7. The molecule has 120 valence electrons. The van der Waals surface area contributed by atoms with Gasteiger partial charge in [0.2, 0.25) is 10.0 Å². The SMILES string of the molecule is COCC(CO)NS(=O)(=O)c1cc(N)c(OC)cc1OC. The topological polar surface area (TPSA) is 120 Å². The van der Waals surface area contributed by atoms with Crippen molar-refractivity contribution >= 4 is 15.7 Å². The minimum atomic E-state index is -3.93. The average molecular weight is 320 g/mol. The molecule has 0 aliphatic carbocycles. The lowest BCUT2D eigenvalue weighted by molar-refractivity contribution is 0.139. The van der Waals surface area contributed by atoms with Gasteiger partial charge in [0, 0.05) is 13.2 Å². The van der Waals surface area contributed by atoms with Crippen LogP contribution in [0, 0.1) is 0 Å². The summed E-state index contributed by atoms with van der Waals surface area (Å²) in [4.78, 5) is -0.141. The van der Waals surface area contributed by atoms with Gasteiger partial charge in [-0.3, -0.25) is 0 Å². The second kappa shape index (κ2) is 7.46. The number of rotatable bonds is 8. The van der Waals surface area contributed by atoms with Crippen molar-refractivity contribution in [2.45, 2.75) is 10.9 Å². The Bertz CT molecular complexity index is 575. The molecule has 0 radical (unpaired) electrons. The van der Waals surface area contributed by atoms with Gasteiger partial charge in [0.1, 0.15) is 16.4 Å². The third kappa shape index (κ3) is 4.21. The highest BCUT2D eigenvalue weighted by molar-refractivity contribution is 7.89. The van der Waals surface area contributed by atoms with Gasteiger partial charge in [-0.25, -0.2) is 13.1 Å². The van der Waals surface area contributed by atoms with Crippen LogP contribution in [-0.2, 0) is 14.8 Å². The highest BCUT2D eigenvalue weighted by Gasteiger charge is 2.25. The molecule has 9 heteroatoms. The summed E-state index contributed by atoms with van der Waals surface area (Å²) >= 11 is 0. The summed E-state index contributed by atoms with van der Waals surface area (Å²) in [6.45, 7) is -0.370. The van der Waals surface area contributed by atoms with Crippen LogP contribution < -0.4 is 19.9 Å². The molecule has 0 heterocycles. The third-order valence-corrected chi connectivity index (χ3v) is 4.26. The van der Waals surface area contributed by atoms with Crippen LogP contribution in [0.3, 0.4) is 0 Å². The summed E-state index contributed by atoms with van der Waals surface area (Å²) in [5, 5.41) is 9.15. The standard InChI is InChI=1S/C12H20N2O6S/c1-18-7-8(6-15)14-21(16,17)12-4-9(13)10(19-2)5-11(12)20-3/h4-5,8,14-15H,6-7,13H2,1-3H3. The second-order valence-corrected chi connectivity index (χ2v) is 5.88. The van der Waals surface area contributed by atoms with Crippen LogP contribution in [0.2, 0.25) is 0 Å². The predicted molar refractivity (Wildman–Crippen MR) is 77.0 cm³/mol. The first kappa shape index (κ1) is 17.5. The number of methoxy groups -OCH3 is 3. The molecule has 4 N–H and O–H groups in total. The molecule has 1 rings (SSSR count). The molecule has 1 unspecified atom stereocenters. The van der Waals surface area contributed by atoms with Gasteiger partial charge >= 0.3 is 0 Å². The summed E-state index contributed by atoms with van der Waals surface area (Å²) in [5.41, 5.74) is 5.89. The van der Waals surface area contributed by atoms with Crippen molar-refractivity contribution in [3.8, 4) is 11.5 Å². The first-order chi connectivity index (χ1) is 9.89. The van der Waals surface area contributed by atoms with Crippen LogP contribution in [0.25, 0.3) is 0 Å². The van der Waals surface area contributed by atoms with Gasteiger partial charge in [-0.1, -0.05) is 0 Å². The van der Waals surface area contributed by atoms with Crippen molar-refractivity contribution in [3.05, 3.63) is 12.1 Å². The second-order valence-electron chi connectivity index (χ2n) is 4.20. The molecular weight excluding hydrogens is 300 g/mol. The Kier molecular flexibility index (Phi) is 6.21. The van der Waals surface area contributed by atoms with Crippen LogP contribution in [0.5, 0.6) is 11.5 Å². The number of hydrogen-bond donors (Lipinski definition) is 3. The number of benzene rings is 1. The third-order valence-electron chi connectivity index (χ3n) is 2.72. The lowest BCUT2D eigenvalue weighted by Crippen LogP contribution is -2.40. The fourth-order valence-corrected chi connectivity index (χ4v) is 3.11. The van der Waals surface area contributed by atoms with Crippen molar-refractivity contribution in [1.82, 2.24) is 4.72 Å². The van der Waals surface area contributed by atoms with E-state index in [9.17, 15) is 8.42 Å². The Morgan fingerprint density at radius 3 is 2.33 bits per heavy atom. The van der Waals surface area contributed by atoms with Crippen molar-refractivity contribution in [2.75, 3.05) is 40.3 Å². The Morgan fingerprint density at radius 1 is 1.24 bits per heavy atom. The number of nitrogen functional groups attached to an aromatic ring is 1. The lowest BCUT2D eigenvalue weighted by Gasteiger charge is -2.18. The average Bonchev–Trinajstić information content (AvgIpc) is 2.46. The zero-order valence-electron chi connectivity index (χ0n) is 12.1. The summed E-state index contributed by atoms with van der Waals surface area (Å²) in [6, 6.07) is 1.85. The Morgan fingerprint density at radius 2 is 1.86 bits per heavy atom. The summed E-state index contributed by atoms with van der Waals surface area (Å²) in [7, 11) is 0.222. The molecule has 8 nitrogen and oxygen atoms in total. The van der Waals surface area contributed by atoms with E-state index in [1.807, 2.05) is 0 Å². The first-order valence-electron chi connectivity index (χ1n) is 6.03. The van der Waals surface area contributed by atoms with Crippen molar-refractivity contribution in [3.63, 3.8) is 0 Å². The minimum Gasteiger partial charge on any atom is -0.495 e. The largest absolute Gasteiger partial charge is 0.495 e. The normalized spacial score (nSPS) is 13.0. The fourth-order valence-electron chi connectivity index (χ4n) is 1.71.